The molecule has 3 aromatic rings. The number of benzene rings is 1. The van der Waals surface area contributed by atoms with E-state index >= 15 is 0 Å². The van der Waals surface area contributed by atoms with Crippen LogP contribution in [0.15, 0.2) is 40.8 Å². The summed E-state index contributed by atoms with van der Waals surface area (Å²) < 4.78 is 7.07. The van der Waals surface area contributed by atoms with Gasteiger partial charge < -0.3 is 15.1 Å². The Kier molecular flexibility index (Phi) is 4.49. The van der Waals surface area contributed by atoms with Crippen molar-refractivity contribution in [2.24, 2.45) is 0 Å². The van der Waals surface area contributed by atoms with Crippen molar-refractivity contribution >= 4 is 40.8 Å². The number of rotatable bonds is 5. The third-order valence-electron chi connectivity index (χ3n) is 4.54. The summed E-state index contributed by atoms with van der Waals surface area (Å²) in [6, 6.07) is 10.7. The number of aromatic nitrogens is 2. The van der Waals surface area contributed by atoms with E-state index in [1.165, 1.54) is 4.57 Å². The van der Waals surface area contributed by atoms with Gasteiger partial charge in [-0.15, -0.1) is 0 Å². The molecule has 3 heterocycles. The van der Waals surface area contributed by atoms with Gasteiger partial charge >= 0.3 is 0 Å². The van der Waals surface area contributed by atoms with Crippen molar-refractivity contribution in [3.63, 3.8) is 0 Å². The maximum Gasteiger partial charge on any atom is 0.257 e. The number of furan rings is 1. The molecule has 1 aromatic carbocycles. The summed E-state index contributed by atoms with van der Waals surface area (Å²) in [4.78, 5) is 29.1. The molecular formula is C19H18N4O3S. The van der Waals surface area contributed by atoms with Gasteiger partial charge in [-0.1, -0.05) is 12.1 Å². The van der Waals surface area contributed by atoms with Crippen molar-refractivity contribution < 1.29 is 14.0 Å². The minimum Gasteiger partial charge on any atom is -0.465 e. The number of hydrogen-bond acceptors (Lipinski definition) is 6. The fourth-order valence-corrected chi connectivity index (χ4v) is 3.47. The first-order valence-electron chi connectivity index (χ1n) is 8.67. The van der Waals surface area contributed by atoms with E-state index in [0.717, 1.165) is 16.7 Å². The molecule has 0 spiro atoms. The summed E-state index contributed by atoms with van der Waals surface area (Å²) in [6.07, 6.45) is 0.586. The van der Waals surface area contributed by atoms with Crippen molar-refractivity contribution in [1.29, 1.82) is 0 Å². The highest BCUT2D eigenvalue weighted by Crippen LogP contribution is 2.29. The molecule has 8 heteroatoms. The van der Waals surface area contributed by atoms with Gasteiger partial charge in [-0.05, 0) is 49.8 Å². The van der Waals surface area contributed by atoms with Crippen LogP contribution >= 0.6 is 12.2 Å². The molecule has 0 unspecified atom stereocenters. The van der Waals surface area contributed by atoms with Gasteiger partial charge in [0.1, 0.15) is 23.4 Å². The minimum absolute atomic E-state index is 0.138. The Morgan fingerprint density at radius 2 is 2.15 bits per heavy atom. The van der Waals surface area contributed by atoms with Crippen molar-refractivity contribution in [3.8, 4) is 0 Å². The van der Waals surface area contributed by atoms with Gasteiger partial charge in [-0.2, -0.15) is 0 Å². The number of fused-ring (bicyclic) bond motifs is 3. The van der Waals surface area contributed by atoms with Crippen LogP contribution in [0, 0.1) is 11.7 Å². The minimum atomic E-state index is -0.504. The highest BCUT2D eigenvalue weighted by atomic mass is 32.1. The molecule has 0 saturated heterocycles. The highest BCUT2D eigenvalue weighted by Gasteiger charge is 2.31. The summed E-state index contributed by atoms with van der Waals surface area (Å²) in [5.41, 5.74) is 0.737. The molecule has 0 radical (unpaired) electrons. The number of aryl methyl sites for hydroxylation is 1. The lowest BCUT2D eigenvalue weighted by molar-refractivity contribution is -0.121. The van der Waals surface area contributed by atoms with Crippen molar-refractivity contribution in [1.82, 2.24) is 14.9 Å². The SMILES string of the molecule is Cc1ccc(CNC(=O)CC[C@@H]2Nc3c4ccccc4nc(=S)n3C2=O)o1. The highest BCUT2D eigenvalue weighted by molar-refractivity contribution is 7.71. The second-order valence-electron chi connectivity index (χ2n) is 6.46. The van der Waals surface area contributed by atoms with Gasteiger partial charge in [0, 0.05) is 11.8 Å². The number of nitrogens with one attached hydrogen (secondary N) is 2. The normalized spacial score (nSPS) is 15.6. The molecule has 1 aliphatic heterocycles. The molecule has 0 saturated carbocycles. The lowest BCUT2D eigenvalue weighted by atomic mass is 10.1. The van der Waals surface area contributed by atoms with Crippen molar-refractivity contribution in [3.05, 3.63) is 52.7 Å². The molecule has 7 nitrogen and oxygen atoms in total. The van der Waals surface area contributed by atoms with E-state index in [0.29, 0.717) is 24.5 Å². The molecule has 0 bridgehead atoms. The van der Waals surface area contributed by atoms with Gasteiger partial charge in [-0.25, -0.2) is 9.55 Å². The molecule has 1 atom stereocenters. The first-order valence-corrected chi connectivity index (χ1v) is 9.08. The maximum atomic E-state index is 12.7. The van der Waals surface area contributed by atoms with Crippen LogP contribution in [0.4, 0.5) is 5.82 Å². The molecule has 27 heavy (non-hydrogen) atoms. The summed E-state index contributed by atoms with van der Waals surface area (Å²) in [7, 11) is 0. The van der Waals surface area contributed by atoms with Gasteiger partial charge in [0.05, 0.1) is 12.1 Å². The topological polar surface area (TPSA) is 89.2 Å². The molecule has 1 amide bonds. The van der Waals surface area contributed by atoms with E-state index < -0.39 is 6.04 Å². The second-order valence-corrected chi connectivity index (χ2v) is 6.82. The Hall–Kier alpha value is -3.00. The predicted molar refractivity (Wildman–Crippen MR) is 103 cm³/mol. The zero-order valence-corrected chi connectivity index (χ0v) is 15.5. The Labute approximate surface area is 160 Å². The number of para-hydroxylation sites is 1. The molecule has 1 aliphatic rings. The molecule has 138 valence electrons. The number of carbonyl (C=O) groups excluding carboxylic acids is 2. The molecular weight excluding hydrogens is 364 g/mol. The van der Waals surface area contributed by atoms with Gasteiger partial charge in [0.25, 0.3) is 5.91 Å². The van der Waals surface area contributed by atoms with E-state index in [9.17, 15) is 9.59 Å². The Balaban J connectivity index is 1.42. The number of nitrogens with zero attached hydrogens (tertiary/aromatic N) is 2. The number of carbonyl (C=O) groups is 2. The molecule has 2 N–H and O–H groups in total. The maximum absolute atomic E-state index is 12.7. The van der Waals surface area contributed by atoms with Gasteiger partial charge in [0.15, 0.2) is 0 Å². The largest absolute Gasteiger partial charge is 0.465 e. The number of anilines is 1. The van der Waals surface area contributed by atoms with Crippen molar-refractivity contribution in [2.45, 2.75) is 32.4 Å². The van der Waals surface area contributed by atoms with E-state index in [-0.39, 0.29) is 23.0 Å². The lowest BCUT2D eigenvalue weighted by Crippen LogP contribution is -2.29. The summed E-state index contributed by atoms with van der Waals surface area (Å²) in [6.45, 7) is 2.18. The average molecular weight is 382 g/mol. The monoisotopic (exact) mass is 382 g/mol. The van der Waals surface area contributed by atoms with E-state index in [1.807, 2.05) is 43.3 Å². The molecule has 4 rings (SSSR count). The molecule has 0 fully saturated rings. The third kappa shape index (κ3) is 3.35. The van der Waals surface area contributed by atoms with Crippen LogP contribution < -0.4 is 10.6 Å². The van der Waals surface area contributed by atoms with Crippen LogP contribution in [0.3, 0.4) is 0 Å². The van der Waals surface area contributed by atoms with Crippen LogP contribution in [-0.4, -0.2) is 27.4 Å². The van der Waals surface area contributed by atoms with Crippen LogP contribution in [-0.2, 0) is 11.3 Å². The van der Waals surface area contributed by atoms with Crippen molar-refractivity contribution in [2.75, 3.05) is 5.32 Å². The first-order chi connectivity index (χ1) is 13.0. The quantitative estimate of drug-likeness (QED) is 0.659. The molecule has 0 aliphatic carbocycles. The first kappa shape index (κ1) is 17.4. The standard InChI is InChI=1S/C19H18N4O3S/c1-11-6-7-12(26-11)10-20-16(24)9-8-15-18(25)23-17(21-15)13-4-2-3-5-14(13)22-19(23)27/h2-7,15,21H,8-10H2,1H3,(H,20,24)/t15-/m0/s1. The van der Waals surface area contributed by atoms with Crippen LogP contribution in [0.2, 0.25) is 0 Å². The summed E-state index contributed by atoms with van der Waals surface area (Å²) in [5.74, 6) is 1.83. The zero-order valence-electron chi connectivity index (χ0n) is 14.7. The van der Waals surface area contributed by atoms with Crippen LogP contribution in [0.1, 0.15) is 29.2 Å². The zero-order chi connectivity index (χ0) is 19.0. The third-order valence-corrected chi connectivity index (χ3v) is 4.81. The van der Waals surface area contributed by atoms with Crippen LogP contribution in [0.5, 0.6) is 0 Å². The Bertz CT molecular complexity index is 1100. The lowest BCUT2D eigenvalue weighted by Gasteiger charge is -2.09. The van der Waals surface area contributed by atoms with Crippen LogP contribution in [0.25, 0.3) is 10.9 Å². The summed E-state index contributed by atoms with van der Waals surface area (Å²) >= 11 is 5.27. The van der Waals surface area contributed by atoms with E-state index in [4.69, 9.17) is 16.6 Å². The van der Waals surface area contributed by atoms with Gasteiger partial charge in [-0.3, -0.25) is 9.59 Å². The average Bonchev–Trinajstić information content (AvgIpc) is 3.22. The van der Waals surface area contributed by atoms with Gasteiger partial charge in [0.2, 0.25) is 10.7 Å². The number of hydrogen-bond donors (Lipinski definition) is 2. The summed E-state index contributed by atoms with van der Waals surface area (Å²) in [5, 5.41) is 6.84. The van der Waals surface area contributed by atoms with E-state index in [1.54, 1.807) is 0 Å². The fourth-order valence-electron chi connectivity index (χ4n) is 3.20. The number of amides is 1. The smallest absolute Gasteiger partial charge is 0.257 e. The molecule has 2 aromatic heterocycles. The Morgan fingerprint density at radius 1 is 1.33 bits per heavy atom. The predicted octanol–water partition coefficient (Wildman–Crippen LogP) is 3.20. The fraction of sp³-hybridized carbons (Fsp3) is 0.263. The Morgan fingerprint density at radius 3 is 2.93 bits per heavy atom. The van der Waals surface area contributed by atoms with E-state index in [2.05, 4.69) is 15.6 Å². The second kappa shape index (κ2) is 6.96.